The molecule has 0 radical (unpaired) electrons. The molecule has 0 aromatic heterocycles. The number of aliphatic hydroxyl groups is 1. The van der Waals surface area contributed by atoms with Crippen LogP contribution in [0.1, 0.15) is 52.9 Å². The summed E-state index contributed by atoms with van der Waals surface area (Å²) in [5, 5.41) is 21.4. The van der Waals surface area contributed by atoms with Crippen LogP contribution >= 0.6 is 0 Å². The normalized spacial score (nSPS) is 13.3. The Hall–Kier alpha value is -0.940. The van der Waals surface area contributed by atoms with Crippen LogP contribution in [0.4, 0.5) is 0 Å². The predicted octanol–water partition coefficient (Wildman–Crippen LogP) is 1.34. The summed E-state index contributed by atoms with van der Waals surface area (Å²) in [4.78, 5) is 22.1. The third-order valence-corrected chi connectivity index (χ3v) is 3.51. The van der Waals surface area contributed by atoms with Gasteiger partial charge in [0.1, 0.15) is 11.8 Å². The molecule has 0 saturated carbocycles. The summed E-state index contributed by atoms with van der Waals surface area (Å²) < 4.78 is 0. The van der Waals surface area contributed by atoms with Gasteiger partial charge < -0.3 is 15.0 Å². The van der Waals surface area contributed by atoms with Gasteiger partial charge in [-0.1, -0.05) is 13.8 Å². The number of Topliss-reactive ketones (excluding diaryl/α,β-unsaturated/α-hetero) is 1. The second-order valence-electron chi connectivity index (χ2n) is 4.74. The molecule has 5 nitrogen and oxygen atoms in total. The second-order valence-corrected chi connectivity index (χ2v) is 4.74. The second kappa shape index (κ2) is 8.21. The fourth-order valence-electron chi connectivity index (χ4n) is 2.07. The number of ketones is 1. The molecule has 1 atom stereocenters. The number of carboxylic acid groups (broad SMARTS) is 1. The van der Waals surface area contributed by atoms with E-state index in [0.29, 0.717) is 6.42 Å². The Bertz CT molecular complexity index is 274. The molecule has 0 saturated heterocycles. The fourth-order valence-corrected chi connectivity index (χ4v) is 2.07. The van der Waals surface area contributed by atoms with Crippen LogP contribution in [0.25, 0.3) is 0 Å². The van der Waals surface area contributed by atoms with Crippen molar-refractivity contribution in [3.8, 4) is 0 Å². The van der Waals surface area contributed by atoms with Gasteiger partial charge in [-0.2, -0.15) is 0 Å². The van der Waals surface area contributed by atoms with Gasteiger partial charge in [0.25, 0.3) is 0 Å². The van der Waals surface area contributed by atoms with E-state index in [2.05, 4.69) is 5.32 Å². The van der Waals surface area contributed by atoms with Crippen LogP contribution < -0.4 is 5.32 Å². The van der Waals surface area contributed by atoms with Gasteiger partial charge in [-0.15, -0.1) is 0 Å². The van der Waals surface area contributed by atoms with Crippen molar-refractivity contribution in [2.24, 2.45) is 0 Å². The number of rotatable bonds is 10. The number of carboxylic acids is 1. The Morgan fingerprint density at radius 2 is 1.83 bits per heavy atom. The van der Waals surface area contributed by atoms with E-state index in [1.54, 1.807) is 0 Å². The molecule has 0 aliphatic carbocycles. The van der Waals surface area contributed by atoms with Gasteiger partial charge in [0, 0.05) is 18.6 Å². The third-order valence-electron chi connectivity index (χ3n) is 3.51. The quantitative estimate of drug-likeness (QED) is 0.551. The highest BCUT2D eigenvalue weighted by molar-refractivity contribution is 5.78. The molecule has 0 fully saturated rings. The average Bonchev–Trinajstić information content (AvgIpc) is 2.32. The van der Waals surface area contributed by atoms with E-state index in [9.17, 15) is 14.7 Å². The van der Waals surface area contributed by atoms with Crippen molar-refractivity contribution in [2.75, 3.05) is 6.61 Å². The Kier molecular flexibility index (Phi) is 7.78. The molecule has 0 aliphatic heterocycles. The predicted molar refractivity (Wildman–Crippen MR) is 69.5 cm³/mol. The van der Waals surface area contributed by atoms with Crippen LogP contribution in [0.2, 0.25) is 0 Å². The molecule has 0 spiro atoms. The maximum atomic E-state index is 11.2. The van der Waals surface area contributed by atoms with Gasteiger partial charge in [-0.25, -0.2) is 0 Å². The zero-order valence-corrected chi connectivity index (χ0v) is 11.5. The van der Waals surface area contributed by atoms with E-state index in [0.717, 1.165) is 12.8 Å². The molecule has 18 heavy (non-hydrogen) atoms. The molecule has 0 bridgehead atoms. The molecule has 106 valence electrons. The zero-order valence-electron chi connectivity index (χ0n) is 11.5. The first-order chi connectivity index (χ1) is 8.40. The molecule has 5 heteroatoms. The first kappa shape index (κ1) is 17.1. The number of carbonyl (C=O) groups is 2. The number of carbonyl (C=O) groups excluding carboxylic acids is 1. The summed E-state index contributed by atoms with van der Waals surface area (Å²) in [6.45, 7) is 5.42. The molecule has 0 rings (SSSR count). The largest absolute Gasteiger partial charge is 0.480 e. The highest BCUT2D eigenvalue weighted by Crippen LogP contribution is 2.21. The van der Waals surface area contributed by atoms with Crippen molar-refractivity contribution >= 4 is 11.8 Å². The first-order valence-electron chi connectivity index (χ1n) is 6.51. The number of hydrogen-bond donors (Lipinski definition) is 3. The number of hydrogen-bond acceptors (Lipinski definition) is 4. The number of aliphatic carboxylic acids is 1. The Labute approximate surface area is 109 Å². The summed E-state index contributed by atoms with van der Waals surface area (Å²) in [5.74, 6) is -0.954. The van der Waals surface area contributed by atoms with E-state index in [4.69, 9.17) is 5.11 Å². The summed E-state index contributed by atoms with van der Waals surface area (Å²) in [6.07, 6.45) is 2.55. The van der Waals surface area contributed by atoms with Crippen molar-refractivity contribution in [3.63, 3.8) is 0 Å². The first-order valence-corrected chi connectivity index (χ1v) is 6.51. The Morgan fingerprint density at radius 3 is 2.17 bits per heavy atom. The fraction of sp³-hybridized carbons (Fsp3) is 0.846. The minimum Gasteiger partial charge on any atom is -0.480 e. The van der Waals surface area contributed by atoms with Gasteiger partial charge in [0.2, 0.25) is 0 Å². The standard InChI is InChI=1S/C13H25NO4/c1-4-13(5-2,8-9-15)14-11(12(17)18)7-6-10(3)16/h11,14-15H,4-9H2,1-3H3,(H,17,18)/t11-/m0/s1. The van der Waals surface area contributed by atoms with E-state index in [1.807, 2.05) is 13.8 Å². The van der Waals surface area contributed by atoms with Crippen LogP contribution in [0.5, 0.6) is 0 Å². The maximum absolute atomic E-state index is 11.2. The molecule has 3 N–H and O–H groups in total. The van der Waals surface area contributed by atoms with Crippen LogP contribution in [0.3, 0.4) is 0 Å². The Balaban J connectivity index is 4.70. The molecule has 0 aliphatic rings. The molecule has 0 heterocycles. The SMILES string of the molecule is CCC(CC)(CCO)N[C@@H](CCC(C)=O)C(=O)O. The van der Waals surface area contributed by atoms with E-state index in [1.165, 1.54) is 6.92 Å². The van der Waals surface area contributed by atoms with Crippen LogP contribution in [-0.4, -0.2) is 40.2 Å². The lowest BCUT2D eigenvalue weighted by atomic mass is 9.87. The maximum Gasteiger partial charge on any atom is 0.320 e. The van der Waals surface area contributed by atoms with Crippen LogP contribution in [-0.2, 0) is 9.59 Å². The van der Waals surface area contributed by atoms with Gasteiger partial charge in [0.15, 0.2) is 0 Å². The van der Waals surface area contributed by atoms with Gasteiger partial charge in [0.05, 0.1) is 0 Å². The lowest BCUT2D eigenvalue weighted by molar-refractivity contribution is -0.140. The average molecular weight is 259 g/mol. The molecule has 0 unspecified atom stereocenters. The van der Waals surface area contributed by atoms with Gasteiger partial charge in [-0.3, -0.25) is 10.1 Å². The Morgan fingerprint density at radius 1 is 1.28 bits per heavy atom. The van der Waals surface area contributed by atoms with Crippen LogP contribution in [0, 0.1) is 0 Å². The number of nitrogens with one attached hydrogen (secondary N) is 1. The topological polar surface area (TPSA) is 86.6 Å². The van der Waals surface area contributed by atoms with Crippen LogP contribution in [0.15, 0.2) is 0 Å². The van der Waals surface area contributed by atoms with E-state index < -0.39 is 12.0 Å². The summed E-state index contributed by atoms with van der Waals surface area (Å²) in [5.41, 5.74) is -0.366. The van der Waals surface area contributed by atoms with Gasteiger partial charge in [-0.05, 0) is 32.6 Å². The monoisotopic (exact) mass is 259 g/mol. The van der Waals surface area contributed by atoms with Gasteiger partial charge >= 0.3 is 5.97 Å². The van der Waals surface area contributed by atoms with E-state index >= 15 is 0 Å². The lowest BCUT2D eigenvalue weighted by Crippen LogP contribution is -2.53. The molecule has 0 aromatic rings. The molecule has 0 amide bonds. The summed E-state index contributed by atoms with van der Waals surface area (Å²) >= 11 is 0. The van der Waals surface area contributed by atoms with E-state index in [-0.39, 0.29) is 30.8 Å². The number of aliphatic hydroxyl groups excluding tert-OH is 1. The molecular formula is C13H25NO4. The zero-order chi connectivity index (χ0) is 14.2. The summed E-state index contributed by atoms with van der Waals surface area (Å²) in [7, 11) is 0. The summed E-state index contributed by atoms with van der Waals surface area (Å²) in [6, 6.07) is -0.736. The lowest BCUT2D eigenvalue weighted by Gasteiger charge is -2.35. The minimum atomic E-state index is -0.944. The highest BCUT2D eigenvalue weighted by Gasteiger charge is 2.31. The smallest absolute Gasteiger partial charge is 0.320 e. The van der Waals surface area contributed by atoms with Crippen molar-refractivity contribution in [2.45, 2.75) is 64.5 Å². The minimum absolute atomic E-state index is 0.0104. The molecular weight excluding hydrogens is 234 g/mol. The van der Waals surface area contributed by atoms with Crippen molar-refractivity contribution in [1.29, 1.82) is 0 Å². The molecule has 0 aromatic carbocycles. The van der Waals surface area contributed by atoms with Crippen molar-refractivity contribution in [3.05, 3.63) is 0 Å². The van der Waals surface area contributed by atoms with Crippen molar-refractivity contribution < 1.29 is 19.8 Å². The third kappa shape index (κ3) is 5.60. The highest BCUT2D eigenvalue weighted by atomic mass is 16.4. The van der Waals surface area contributed by atoms with Crippen molar-refractivity contribution in [1.82, 2.24) is 5.32 Å².